The SMILES string of the molecule is N[C@@H]1C2=C(CCCC2)C(SCC2C=CC(Cl)CC2F)NC1O. The van der Waals surface area contributed by atoms with Crippen molar-refractivity contribution in [1.29, 1.82) is 0 Å². The third-order valence-corrected chi connectivity index (χ3v) is 6.53. The number of alkyl halides is 2. The number of nitrogens with one attached hydrogen (secondary N) is 1. The number of nitrogens with two attached hydrogens (primary N) is 1. The molecule has 124 valence electrons. The zero-order chi connectivity index (χ0) is 15.7. The first-order chi connectivity index (χ1) is 10.6. The van der Waals surface area contributed by atoms with E-state index in [0.717, 1.165) is 19.3 Å². The van der Waals surface area contributed by atoms with Crippen LogP contribution in [0.1, 0.15) is 32.1 Å². The van der Waals surface area contributed by atoms with Gasteiger partial charge in [0, 0.05) is 11.7 Å². The lowest BCUT2D eigenvalue weighted by molar-refractivity contribution is 0.109. The van der Waals surface area contributed by atoms with Crippen LogP contribution in [-0.4, -0.2) is 40.1 Å². The van der Waals surface area contributed by atoms with Crippen molar-refractivity contribution in [3.8, 4) is 0 Å². The Morgan fingerprint density at radius 3 is 2.77 bits per heavy atom. The van der Waals surface area contributed by atoms with Crippen molar-refractivity contribution in [2.75, 3.05) is 5.75 Å². The fraction of sp³-hybridized carbons (Fsp3) is 0.750. The van der Waals surface area contributed by atoms with Gasteiger partial charge >= 0.3 is 0 Å². The highest BCUT2D eigenvalue weighted by molar-refractivity contribution is 8.00. The number of hydrogen-bond acceptors (Lipinski definition) is 4. The lowest BCUT2D eigenvalue weighted by atomic mass is 9.84. The van der Waals surface area contributed by atoms with Gasteiger partial charge in [0.05, 0.1) is 16.8 Å². The first-order valence-electron chi connectivity index (χ1n) is 8.06. The molecule has 0 bridgehead atoms. The van der Waals surface area contributed by atoms with Gasteiger partial charge in [-0.05, 0) is 43.3 Å². The van der Waals surface area contributed by atoms with Crippen LogP contribution in [0.2, 0.25) is 0 Å². The molecule has 6 atom stereocenters. The van der Waals surface area contributed by atoms with Gasteiger partial charge in [-0.25, -0.2) is 4.39 Å². The molecule has 5 unspecified atom stereocenters. The molecule has 0 saturated carbocycles. The van der Waals surface area contributed by atoms with E-state index in [1.54, 1.807) is 11.8 Å². The number of allylic oxidation sites excluding steroid dienone is 2. The van der Waals surface area contributed by atoms with Crippen molar-refractivity contribution in [2.24, 2.45) is 11.7 Å². The largest absolute Gasteiger partial charge is 0.377 e. The van der Waals surface area contributed by atoms with E-state index in [0.29, 0.717) is 12.2 Å². The van der Waals surface area contributed by atoms with E-state index in [9.17, 15) is 9.50 Å². The molecule has 0 saturated heterocycles. The summed E-state index contributed by atoms with van der Waals surface area (Å²) in [5.74, 6) is 0.597. The quantitative estimate of drug-likeness (QED) is 0.543. The molecule has 22 heavy (non-hydrogen) atoms. The minimum Gasteiger partial charge on any atom is -0.377 e. The Morgan fingerprint density at radius 1 is 1.32 bits per heavy atom. The Bertz CT molecular complexity index is 473. The fourth-order valence-corrected chi connectivity index (χ4v) is 5.25. The molecular weight excluding hydrogens is 323 g/mol. The summed E-state index contributed by atoms with van der Waals surface area (Å²) < 4.78 is 14.1. The highest BCUT2D eigenvalue weighted by atomic mass is 35.5. The molecule has 0 aromatic rings. The van der Waals surface area contributed by atoms with Crippen LogP contribution in [0, 0.1) is 5.92 Å². The third-order valence-electron chi connectivity index (χ3n) is 4.87. The molecular formula is C16H24ClFN2OS. The number of rotatable bonds is 3. The van der Waals surface area contributed by atoms with Crippen molar-refractivity contribution in [1.82, 2.24) is 5.32 Å². The summed E-state index contributed by atoms with van der Waals surface area (Å²) in [6, 6.07) is -0.298. The molecule has 2 aliphatic carbocycles. The molecule has 6 heteroatoms. The molecule has 3 nitrogen and oxygen atoms in total. The average molecular weight is 347 g/mol. The number of hydrogen-bond donors (Lipinski definition) is 3. The molecule has 0 spiro atoms. The maximum absolute atomic E-state index is 14.1. The zero-order valence-corrected chi connectivity index (χ0v) is 14.1. The molecule has 3 rings (SSSR count). The van der Waals surface area contributed by atoms with Crippen LogP contribution in [0.5, 0.6) is 0 Å². The van der Waals surface area contributed by atoms with E-state index in [2.05, 4.69) is 5.32 Å². The van der Waals surface area contributed by atoms with Gasteiger partial charge in [0.15, 0.2) is 0 Å². The van der Waals surface area contributed by atoms with Crippen LogP contribution in [-0.2, 0) is 0 Å². The standard InChI is InChI=1S/C16H24ClFN2OS/c17-10-6-5-9(13(18)7-10)8-22-16-12-4-2-1-3-11(12)14(19)15(21)20-16/h5-6,9-10,13-16,20-21H,1-4,7-8,19H2/t9?,10?,13?,14-,15?,16?/m1/s1. The predicted molar refractivity (Wildman–Crippen MR) is 90.6 cm³/mol. The number of aliphatic hydroxyl groups excluding tert-OH is 1. The molecule has 0 aromatic heterocycles. The fourth-order valence-electron chi connectivity index (χ4n) is 3.55. The van der Waals surface area contributed by atoms with Crippen LogP contribution in [0.25, 0.3) is 0 Å². The second-order valence-corrected chi connectivity index (χ2v) is 8.12. The lowest BCUT2D eigenvalue weighted by Gasteiger charge is -2.39. The molecule has 4 N–H and O–H groups in total. The smallest absolute Gasteiger partial charge is 0.125 e. The van der Waals surface area contributed by atoms with Gasteiger partial charge in [0.2, 0.25) is 0 Å². The molecule has 3 aliphatic rings. The van der Waals surface area contributed by atoms with Crippen LogP contribution in [0.15, 0.2) is 23.3 Å². The molecule has 0 radical (unpaired) electrons. The monoisotopic (exact) mass is 346 g/mol. The lowest BCUT2D eigenvalue weighted by Crippen LogP contribution is -2.55. The maximum Gasteiger partial charge on any atom is 0.125 e. The van der Waals surface area contributed by atoms with Crippen LogP contribution in [0.3, 0.4) is 0 Å². The van der Waals surface area contributed by atoms with Crippen molar-refractivity contribution >= 4 is 23.4 Å². The van der Waals surface area contributed by atoms with E-state index in [1.807, 2.05) is 12.2 Å². The van der Waals surface area contributed by atoms with Gasteiger partial charge in [-0.3, -0.25) is 5.32 Å². The van der Waals surface area contributed by atoms with Gasteiger partial charge in [0.1, 0.15) is 12.4 Å². The second-order valence-electron chi connectivity index (χ2n) is 6.42. The minimum absolute atomic E-state index is 0.0550. The second kappa shape index (κ2) is 7.22. The molecule has 0 amide bonds. The van der Waals surface area contributed by atoms with Crippen LogP contribution < -0.4 is 11.1 Å². The number of aliphatic hydroxyl groups is 1. The summed E-state index contributed by atoms with van der Waals surface area (Å²) in [5, 5.41) is 13.2. The Kier molecular flexibility index (Phi) is 5.51. The van der Waals surface area contributed by atoms with Crippen LogP contribution >= 0.6 is 23.4 Å². The van der Waals surface area contributed by atoms with Gasteiger partial charge in [0.25, 0.3) is 0 Å². The molecule has 0 fully saturated rings. The Labute approximate surface area is 140 Å². The van der Waals surface area contributed by atoms with Crippen molar-refractivity contribution in [2.45, 2.75) is 61.3 Å². The Hall–Kier alpha value is -0.0700. The average Bonchev–Trinajstić information content (AvgIpc) is 2.51. The van der Waals surface area contributed by atoms with Gasteiger partial charge < -0.3 is 10.8 Å². The van der Waals surface area contributed by atoms with Gasteiger partial charge in [-0.15, -0.1) is 23.4 Å². The summed E-state index contributed by atoms with van der Waals surface area (Å²) in [5.41, 5.74) is 8.65. The first-order valence-corrected chi connectivity index (χ1v) is 9.54. The number of halogens is 2. The first kappa shape index (κ1) is 16.8. The van der Waals surface area contributed by atoms with Gasteiger partial charge in [-0.2, -0.15) is 0 Å². The Morgan fingerprint density at radius 2 is 2.05 bits per heavy atom. The minimum atomic E-state index is -0.879. The van der Waals surface area contributed by atoms with Crippen LogP contribution in [0.4, 0.5) is 4.39 Å². The summed E-state index contributed by atoms with van der Waals surface area (Å²) in [7, 11) is 0. The third kappa shape index (κ3) is 3.54. The van der Waals surface area contributed by atoms with E-state index in [4.69, 9.17) is 17.3 Å². The summed E-state index contributed by atoms with van der Waals surface area (Å²) in [4.78, 5) is 0. The zero-order valence-electron chi connectivity index (χ0n) is 12.6. The van der Waals surface area contributed by atoms with E-state index >= 15 is 0 Å². The van der Waals surface area contributed by atoms with E-state index in [-0.39, 0.29) is 22.7 Å². The highest BCUT2D eigenvalue weighted by Gasteiger charge is 2.35. The molecule has 1 aliphatic heterocycles. The molecule has 0 aromatic carbocycles. The predicted octanol–water partition coefficient (Wildman–Crippen LogP) is 2.69. The highest BCUT2D eigenvalue weighted by Crippen LogP contribution is 2.38. The summed E-state index contributed by atoms with van der Waals surface area (Å²) in [6.45, 7) is 0. The normalized spacial score (nSPS) is 42.4. The summed E-state index contributed by atoms with van der Waals surface area (Å²) in [6.07, 6.45) is 6.93. The summed E-state index contributed by atoms with van der Waals surface area (Å²) >= 11 is 7.63. The Balaban J connectivity index is 1.66. The van der Waals surface area contributed by atoms with Gasteiger partial charge in [-0.1, -0.05) is 12.2 Å². The molecule has 1 heterocycles. The van der Waals surface area contributed by atoms with E-state index < -0.39 is 12.4 Å². The topological polar surface area (TPSA) is 58.3 Å². The van der Waals surface area contributed by atoms with Crippen molar-refractivity contribution in [3.63, 3.8) is 0 Å². The van der Waals surface area contributed by atoms with Crippen molar-refractivity contribution < 1.29 is 9.50 Å². The van der Waals surface area contributed by atoms with Crippen molar-refractivity contribution in [3.05, 3.63) is 23.3 Å². The van der Waals surface area contributed by atoms with E-state index in [1.165, 1.54) is 17.6 Å². The number of thioether (sulfide) groups is 1. The maximum atomic E-state index is 14.1.